The van der Waals surface area contributed by atoms with Crippen molar-refractivity contribution in [1.82, 2.24) is 0 Å². The number of aromatic hydroxyl groups is 1. The maximum Gasteiger partial charge on any atom is 0.252 e. The highest BCUT2D eigenvalue weighted by atomic mass is 16.5. The summed E-state index contributed by atoms with van der Waals surface area (Å²) < 4.78 is 7.51. The number of ether oxygens (including phenoxy) is 1. The van der Waals surface area contributed by atoms with Gasteiger partial charge < -0.3 is 9.84 Å². The summed E-state index contributed by atoms with van der Waals surface area (Å²) in [5, 5.41) is 9.39. The molecule has 1 N–H and O–H groups in total. The Hall–Kier alpha value is -1.09. The molecule has 0 aliphatic rings. The van der Waals surface area contributed by atoms with Crippen LogP contribution in [0.3, 0.4) is 0 Å². The Bertz CT molecular complexity index is 436. The number of pyridine rings is 1. The topological polar surface area (TPSA) is 33.3 Å². The molecule has 1 aromatic rings. The molecule has 0 saturated heterocycles. The van der Waals surface area contributed by atoms with Gasteiger partial charge >= 0.3 is 0 Å². The van der Waals surface area contributed by atoms with Crippen LogP contribution in [0.25, 0.3) is 0 Å². The van der Waals surface area contributed by atoms with Crippen LogP contribution in [0.15, 0.2) is 24.5 Å². The minimum atomic E-state index is 0.281. The van der Waals surface area contributed by atoms with Gasteiger partial charge in [-0.2, -0.15) is 4.57 Å². The van der Waals surface area contributed by atoms with Crippen LogP contribution in [-0.4, -0.2) is 11.7 Å². The van der Waals surface area contributed by atoms with Gasteiger partial charge in [-0.3, -0.25) is 0 Å². The Balaban J connectivity index is 1.72. The number of rotatable bonds is 19. The third-order valence-electron chi connectivity index (χ3n) is 5.23. The highest BCUT2D eigenvalue weighted by molar-refractivity contribution is 5.09. The van der Waals surface area contributed by atoms with E-state index < -0.39 is 0 Å². The highest BCUT2D eigenvalue weighted by Crippen LogP contribution is 2.13. The molecule has 0 bridgehead atoms. The fraction of sp³-hybridized carbons (Fsp3) is 0.792. The smallest absolute Gasteiger partial charge is 0.252 e. The molecular weight excluding hydrogens is 334 g/mol. The molecule has 0 saturated carbocycles. The van der Waals surface area contributed by atoms with E-state index in [1.807, 2.05) is 16.8 Å². The molecule has 3 heteroatoms. The summed E-state index contributed by atoms with van der Waals surface area (Å²) in [4.78, 5) is 0. The van der Waals surface area contributed by atoms with E-state index in [1.54, 1.807) is 12.3 Å². The van der Waals surface area contributed by atoms with Gasteiger partial charge in [0.2, 0.25) is 6.20 Å². The van der Waals surface area contributed by atoms with Gasteiger partial charge in [0.1, 0.15) is 0 Å². The van der Waals surface area contributed by atoms with Crippen molar-refractivity contribution in [3.05, 3.63) is 24.5 Å². The number of unbranched alkanes of at least 4 members (excludes halogenated alkanes) is 15. The maximum atomic E-state index is 9.39. The normalized spacial score (nSPS) is 11.1. The van der Waals surface area contributed by atoms with Gasteiger partial charge in [-0.15, -0.1) is 0 Å². The zero-order valence-electron chi connectivity index (χ0n) is 17.8. The molecule has 0 atom stereocenters. The zero-order chi connectivity index (χ0) is 19.4. The second-order valence-corrected chi connectivity index (χ2v) is 7.92. The predicted octanol–water partition coefficient (Wildman–Crippen LogP) is 6.92. The van der Waals surface area contributed by atoms with Crippen molar-refractivity contribution in [3.63, 3.8) is 0 Å². The minimum absolute atomic E-state index is 0.281. The SMILES string of the molecule is CCCCCCCCCCCCCCCCCCOC[n+]1cccc(O)c1. The molecular formula is C24H44NO2+. The van der Waals surface area contributed by atoms with Crippen LogP contribution >= 0.6 is 0 Å². The lowest BCUT2D eigenvalue weighted by Gasteiger charge is -2.04. The van der Waals surface area contributed by atoms with Crippen molar-refractivity contribution in [2.75, 3.05) is 6.61 Å². The van der Waals surface area contributed by atoms with Crippen molar-refractivity contribution < 1.29 is 14.4 Å². The molecule has 3 nitrogen and oxygen atoms in total. The van der Waals surface area contributed by atoms with Crippen LogP contribution < -0.4 is 4.57 Å². The molecule has 27 heavy (non-hydrogen) atoms. The lowest BCUT2D eigenvalue weighted by molar-refractivity contribution is -0.733. The third kappa shape index (κ3) is 15.6. The number of hydrogen-bond acceptors (Lipinski definition) is 2. The van der Waals surface area contributed by atoms with Gasteiger partial charge in [0.25, 0.3) is 6.73 Å². The number of nitrogens with zero attached hydrogens (tertiary/aromatic N) is 1. The summed E-state index contributed by atoms with van der Waals surface area (Å²) in [6.45, 7) is 3.61. The van der Waals surface area contributed by atoms with E-state index in [4.69, 9.17) is 4.74 Å². The van der Waals surface area contributed by atoms with E-state index >= 15 is 0 Å². The fourth-order valence-electron chi connectivity index (χ4n) is 3.51. The second-order valence-electron chi connectivity index (χ2n) is 7.92. The summed E-state index contributed by atoms with van der Waals surface area (Å²) >= 11 is 0. The van der Waals surface area contributed by atoms with Crippen LogP contribution in [0.5, 0.6) is 5.75 Å². The molecule has 0 aliphatic carbocycles. The zero-order valence-corrected chi connectivity index (χ0v) is 17.8. The first-order chi connectivity index (χ1) is 13.3. The van der Waals surface area contributed by atoms with E-state index in [0.717, 1.165) is 13.0 Å². The Morgan fingerprint density at radius 2 is 1.22 bits per heavy atom. The predicted molar refractivity (Wildman–Crippen MR) is 114 cm³/mol. The molecule has 156 valence electrons. The summed E-state index contributed by atoms with van der Waals surface area (Å²) in [5.74, 6) is 0.281. The van der Waals surface area contributed by atoms with Gasteiger partial charge in [-0.1, -0.05) is 103 Å². The van der Waals surface area contributed by atoms with Gasteiger partial charge in [0, 0.05) is 6.07 Å². The first-order valence-electron chi connectivity index (χ1n) is 11.6. The summed E-state index contributed by atoms with van der Waals surface area (Å²) in [6, 6.07) is 3.50. The standard InChI is InChI=1S/C24H43NO2/c1-2-3-4-5-6-7-8-9-10-11-12-13-14-15-16-17-21-27-23-25-20-18-19-24(26)22-25/h18-20,22H,2-17,21,23H2,1H3/p+1. The summed E-state index contributed by atoms with van der Waals surface area (Å²) in [7, 11) is 0. The Morgan fingerprint density at radius 3 is 1.70 bits per heavy atom. The lowest BCUT2D eigenvalue weighted by Crippen LogP contribution is -2.34. The third-order valence-corrected chi connectivity index (χ3v) is 5.23. The van der Waals surface area contributed by atoms with E-state index in [1.165, 1.54) is 96.3 Å². The van der Waals surface area contributed by atoms with E-state index in [0.29, 0.717) is 6.73 Å². The van der Waals surface area contributed by atoms with Gasteiger partial charge in [0.15, 0.2) is 11.9 Å². The lowest BCUT2D eigenvalue weighted by atomic mass is 10.0. The molecule has 0 amide bonds. The molecule has 0 aliphatic heterocycles. The molecule has 0 spiro atoms. The number of hydrogen-bond donors (Lipinski definition) is 1. The van der Waals surface area contributed by atoms with Gasteiger partial charge in [-0.05, 0) is 12.5 Å². The minimum Gasteiger partial charge on any atom is -0.503 e. The monoisotopic (exact) mass is 378 g/mol. The van der Waals surface area contributed by atoms with Crippen molar-refractivity contribution >= 4 is 0 Å². The van der Waals surface area contributed by atoms with Crippen molar-refractivity contribution in [3.8, 4) is 5.75 Å². The van der Waals surface area contributed by atoms with E-state index in [2.05, 4.69) is 6.92 Å². The quantitative estimate of drug-likeness (QED) is 0.209. The maximum absolute atomic E-state index is 9.39. The Labute approximate surface area is 168 Å². The molecule has 0 fully saturated rings. The molecule has 0 radical (unpaired) electrons. The average Bonchev–Trinajstić information content (AvgIpc) is 2.67. The van der Waals surface area contributed by atoms with Crippen LogP contribution in [-0.2, 0) is 11.5 Å². The van der Waals surface area contributed by atoms with Crippen LogP contribution in [0.4, 0.5) is 0 Å². The molecule has 1 heterocycles. The average molecular weight is 379 g/mol. The van der Waals surface area contributed by atoms with Crippen LogP contribution in [0, 0.1) is 0 Å². The van der Waals surface area contributed by atoms with Crippen molar-refractivity contribution in [2.45, 2.75) is 116 Å². The largest absolute Gasteiger partial charge is 0.503 e. The first-order valence-corrected chi connectivity index (χ1v) is 11.6. The van der Waals surface area contributed by atoms with Gasteiger partial charge in [0.05, 0.1) is 6.61 Å². The fourth-order valence-corrected chi connectivity index (χ4v) is 3.51. The second kappa shape index (κ2) is 18.3. The summed E-state index contributed by atoms with van der Waals surface area (Å²) in [6.07, 6.45) is 25.9. The first kappa shape index (κ1) is 23.9. The Morgan fingerprint density at radius 1 is 0.741 bits per heavy atom. The van der Waals surface area contributed by atoms with E-state index in [9.17, 15) is 5.11 Å². The van der Waals surface area contributed by atoms with Crippen molar-refractivity contribution in [2.24, 2.45) is 0 Å². The van der Waals surface area contributed by atoms with Gasteiger partial charge in [-0.25, -0.2) is 0 Å². The van der Waals surface area contributed by atoms with E-state index in [-0.39, 0.29) is 5.75 Å². The van der Waals surface area contributed by atoms with Crippen LogP contribution in [0.2, 0.25) is 0 Å². The number of aromatic nitrogens is 1. The molecule has 0 aromatic carbocycles. The highest BCUT2D eigenvalue weighted by Gasteiger charge is 2.01. The summed E-state index contributed by atoms with van der Waals surface area (Å²) in [5.41, 5.74) is 0. The molecule has 1 rings (SSSR count). The Kier molecular flexibility index (Phi) is 16.2. The van der Waals surface area contributed by atoms with Crippen molar-refractivity contribution in [1.29, 1.82) is 0 Å². The molecule has 1 aromatic heterocycles. The van der Waals surface area contributed by atoms with Crippen LogP contribution in [0.1, 0.15) is 110 Å². The molecule has 0 unspecified atom stereocenters.